The fourth-order valence-corrected chi connectivity index (χ4v) is 4.26. The number of benzene rings is 1. The number of pyridine rings is 1. The number of rotatable bonds is 4. The molecule has 0 spiro atoms. The fourth-order valence-electron chi connectivity index (χ4n) is 4.26. The Morgan fingerprint density at radius 2 is 1.90 bits per heavy atom. The molecule has 1 aromatic carbocycles. The third-order valence-electron chi connectivity index (χ3n) is 5.99. The lowest BCUT2D eigenvalue weighted by Crippen LogP contribution is -2.27. The van der Waals surface area contributed by atoms with Gasteiger partial charge < -0.3 is 10.2 Å². The van der Waals surface area contributed by atoms with Crippen molar-refractivity contribution in [3.63, 3.8) is 0 Å². The van der Waals surface area contributed by atoms with Crippen LogP contribution in [-0.4, -0.2) is 44.6 Å². The number of nitrogens with one attached hydrogen (secondary N) is 1. The summed E-state index contributed by atoms with van der Waals surface area (Å²) >= 11 is 0. The molecule has 0 unspecified atom stereocenters. The average Bonchev–Trinajstić information content (AvgIpc) is 3.37. The van der Waals surface area contributed by atoms with E-state index in [0.29, 0.717) is 22.7 Å². The first-order valence-corrected chi connectivity index (χ1v) is 10.6. The van der Waals surface area contributed by atoms with Crippen LogP contribution < -0.4 is 5.32 Å². The summed E-state index contributed by atoms with van der Waals surface area (Å²) in [5.41, 5.74) is 4.28. The quantitative estimate of drug-likeness (QED) is 0.721. The summed E-state index contributed by atoms with van der Waals surface area (Å²) in [6.07, 6.45) is 4.32. The zero-order chi connectivity index (χ0) is 20.8. The summed E-state index contributed by atoms with van der Waals surface area (Å²) in [4.78, 5) is 32.6. The molecule has 2 amide bonds. The number of aryl methyl sites for hydroxylation is 2. The third-order valence-corrected chi connectivity index (χ3v) is 5.99. The Hall–Kier alpha value is -3.22. The van der Waals surface area contributed by atoms with Gasteiger partial charge in [0, 0.05) is 43.0 Å². The highest BCUT2D eigenvalue weighted by Gasteiger charge is 2.28. The smallest absolute Gasteiger partial charge is 0.256 e. The maximum Gasteiger partial charge on any atom is 0.256 e. The van der Waals surface area contributed by atoms with E-state index in [1.54, 1.807) is 16.8 Å². The number of amides is 2. The lowest BCUT2D eigenvalue weighted by Gasteiger charge is -2.16. The molecule has 30 heavy (non-hydrogen) atoms. The summed E-state index contributed by atoms with van der Waals surface area (Å²) in [5.74, 6) is 0.248. The van der Waals surface area contributed by atoms with Gasteiger partial charge in [-0.05, 0) is 56.9 Å². The van der Waals surface area contributed by atoms with Crippen molar-refractivity contribution in [1.29, 1.82) is 0 Å². The van der Waals surface area contributed by atoms with Crippen molar-refractivity contribution in [3.05, 3.63) is 52.8 Å². The number of carbonyl (C=O) groups excluding carboxylic acids is 2. The van der Waals surface area contributed by atoms with Crippen LogP contribution in [0.3, 0.4) is 0 Å². The summed E-state index contributed by atoms with van der Waals surface area (Å²) in [6.45, 7) is 3.50. The maximum absolute atomic E-state index is 13.3. The van der Waals surface area contributed by atoms with Gasteiger partial charge in [0.2, 0.25) is 0 Å². The highest BCUT2D eigenvalue weighted by Crippen LogP contribution is 2.40. The molecule has 7 nitrogen and oxygen atoms in total. The zero-order valence-electron chi connectivity index (χ0n) is 17.3. The van der Waals surface area contributed by atoms with Crippen molar-refractivity contribution >= 4 is 28.5 Å². The first-order chi connectivity index (χ1) is 14.5. The molecule has 7 heteroatoms. The van der Waals surface area contributed by atoms with Gasteiger partial charge in [0.05, 0.1) is 16.6 Å². The van der Waals surface area contributed by atoms with Crippen LogP contribution in [0.1, 0.15) is 63.7 Å². The van der Waals surface area contributed by atoms with Gasteiger partial charge >= 0.3 is 0 Å². The Bertz CT molecular complexity index is 1160. The average molecular weight is 403 g/mol. The molecule has 2 fully saturated rings. The predicted molar refractivity (Wildman–Crippen MR) is 115 cm³/mol. The Balaban J connectivity index is 1.46. The molecule has 5 rings (SSSR count). The molecular formula is C23H25N5O2. The summed E-state index contributed by atoms with van der Waals surface area (Å²) in [6, 6.07) is 9.09. The topological polar surface area (TPSA) is 80.1 Å². The molecular weight excluding hydrogens is 378 g/mol. The number of hydrogen-bond acceptors (Lipinski definition) is 4. The SMILES string of the molecule is Cc1nn(C)c2nc(C3CC3)cc(C(=O)Nc3cccc(C(=O)N4CCCC4)c3)c12. The second kappa shape index (κ2) is 7.23. The number of hydrogen-bond donors (Lipinski definition) is 1. The zero-order valence-corrected chi connectivity index (χ0v) is 17.3. The van der Waals surface area contributed by atoms with Crippen molar-refractivity contribution in [2.75, 3.05) is 18.4 Å². The number of likely N-dealkylation sites (tertiary alicyclic amines) is 1. The van der Waals surface area contributed by atoms with E-state index in [-0.39, 0.29) is 11.8 Å². The highest BCUT2D eigenvalue weighted by molar-refractivity contribution is 6.13. The number of nitrogens with zero attached hydrogens (tertiary/aromatic N) is 4. The molecule has 3 heterocycles. The van der Waals surface area contributed by atoms with E-state index in [2.05, 4.69) is 10.4 Å². The lowest BCUT2D eigenvalue weighted by atomic mass is 10.1. The van der Waals surface area contributed by atoms with Crippen LogP contribution in [0.25, 0.3) is 11.0 Å². The minimum absolute atomic E-state index is 0.0222. The first kappa shape index (κ1) is 18.8. The molecule has 154 valence electrons. The normalized spacial score (nSPS) is 16.3. The van der Waals surface area contributed by atoms with Crippen LogP contribution in [-0.2, 0) is 7.05 Å². The third kappa shape index (κ3) is 3.34. The van der Waals surface area contributed by atoms with E-state index < -0.39 is 0 Å². The first-order valence-electron chi connectivity index (χ1n) is 10.6. The largest absolute Gasteiger partial charge is 0.339 e. The highest BCUT2D eigenvalue weighted by atomic mass is 16.2. The summed E-state index contributed by atoms with van der Waals surface area (Å²) in [5, 5.41) is 8.23. The molecule has 3 aromatic rings. The van der Waals surface area contributed by atoms with Crippen LogP contribution >= 0.6 is 0 Å². The minimum atomic E-state index is -0.203. The Labute approximate surface area is 175 Å². The second-order valence-corrected chi connectivity index (χ2v) is 8.31. The predicted octanol–water partition coefficient (Wildman–Crippen LogP) is 3.64. The molecule has 2 aromatic heterocycles. The fraction of sp³-hybridized carbons (Fsp3) is 0.391. The van der Waals surface area contributed by atoms with Gasteiger partial charge in [0.1, 0.15) is 0 Å². The van der Waals surface area contributed by atoms with Crippen molar-refractivity contribution in [1.82, 2.24) is 19.7 Å². The number of anilines is 1. The summed E-state index contributed by atoms with van der Waals surface area (Å²) < 4.78 is 1.74. The van der Waals surface area contributed by atoms with Crippen LogP contribution in [0.15, 0.2) is 30.3 Å². The van der Waals surface area contributed by atoms with E-state index in [9.17, 15) is 9.59 Å². The summed E-state index contributed by atoms with van der Waals surface area (Å²) in [7, 11) is 1.86. The molecule has 1 aliphatic carbocycles. The molecule has 0 atom stereocenters. The van der Waals surface area contributed by atoms with Gasteiger partial charge in [-0.15, -0.1) is 0 Å². The van der Waals surface area contributed by atoms with Crippen molar-refractivity contribution < 1.29 is 9.59 Å². The minimum Gasteiger partial charge on any atom is -0.339 e. The van der Waals surface area contributed by atoms with Gasteiger partial charge in [-0.2, -0.15) is 5.10 Å². The van der Waals surface area contributed by atoms with Crippen molar-refractivity contribution in [2.45, 2.75) is 38.5 Å². The lowest BCUT2D eigenvalue weighted by molar-refractivity contribution is 0.0792. The number of fused-ring (bicyclic) bond motifs is 1. The van der Waals surface area contributed by atoms with Crippen LogP contribution in [0.5, 0.6) is 0 Å². The molecule has 1 N–H and O–H groups in total. The van der Waals surface area contributed by atoms with E-state index in [1.165, 1.54) is 0 Å². The monoisotopic (exact) mass is 403 g/mol. The van der Waals surface area contributed by atoms with Crippen LogP contribution in [0, 0.1) is 6.92 Å². The molecule has 0 bridgehead atoms. The molecule has 2 aliphatic rings. The Kier molecular flexibility index (Phi) is 4.53. The van der Waals surface area contributed by atoms with E-state index in [0.717, 1.165) is 61.2 Å². The van der Waals surface area contributed by atoms with Crippen LogP contribution in [0.2, 0.25) is 0 Å². The molecule has 1 aliphatic heterocycles. The van der Waals surface area contributed by atoms with Gasteiger partial charge in [0.25, 0.3) is 11.8 Å². The molecule has 1 saturated heterocycles. The van der Waals surface area contributed by atoms with Gasteiger partial charge in [-0.1, -0.05) is 6.07 Å². The van der Waals surface area contributed by atoms with Gasteiger partial charge in [-0.3, -0.25) is 14.3 Å². The standard InChI is InChI=1S/C23H25N5O2/c1-14-20-18(13-19(15-8-9-15)25-21(20)27(2)26-14)22(29)24-17-7-5-6-16(12-17)23(30)28-10-3-4-11-28/h5-7,12-13,15H,3-4,8-11H2,1-2H3,(H,24,29). The molecule has 0 radical (unpaired) electrons. The second-order valence-electron chi connectivity index (χ2n) is 8.31. The van der Waals surface area contributed by atoms with Gasteiger partial charge in [-0.25, -0.2) is 4.98 Å². The Morgan fingerprint density at radius 1 is 1.13 bits per heavy atom. The van der Waals surface area contributed by atoms with E-state index >= 15 is 0 Å². The van der Waals surface area contributed by atoms with Crippen LogP contribution in [0.4, 0.5) is 5.69 Å². The van der Waals surface area contributed by atoms with Crippen molar-refractivity contribution in [2.24, 2.45) is 7.05 Å². The van der Waals surface area contributed by atoms with Crippen molar-refractivity contribution in [3.8, 4) is 0 Å². The van der Waals surface area contributed by atoms with E-state index in [4.69, 9.17) is 4.98 Å². The number of aromatic nitrogens is 3. The molecule has 1 saturated carbocycles. The van der Waals surface area contributed by atoms with Gasteiger partial charge in [0.15, 0.2) is 5.65 Å². The Morgan fingerprint density at radius 3 is 2.63 bits per heavy atom. The van der Waals surface area contributed by atoms with E-state index in [1.807, 2.05) is 37.1 Å². The maximum atomic E-state index is 13.3. The number of carbonyl (C=O) groups is 2.